The Balaban J connectivity index is 1.03. The standard InChI is InChI=1S/C30H31N3O4S/c34-28-20-38-30(33(28)13-12-22-4-2-1-3-5-22)25-9-7-24(8-10-25)29(35)32-16-14-31(15-17-32)19-23-6-11-26-27(18-23)37-21-36-26/h1-11,18,30H,12-17,19-21H2/t30-/m1/s1. The number of hydrogen-bond donors (Lipinski definition) is 0. The molecule has 3 aliphatic rings. The molecule has 1 atom stereocenters. The van der Waals surface area contributed by atoms with Gasteiger partial charge in [0.1, 0.15) is 5.37 Å². The molecule has 0 aromatic heterocycles. The summed E-state index contributed by atoms with van der Waals surface area (Å²) >= 11 is 1.66. The van der Waals surface area contributed by atoms with E-state index < -0.39 is 0 Å². The van der Waals surface area contributed by atoms with Gasteiger partial charge in [0.15, 0.2) is 11.5 Å². The molecule has 0 bridgehead atoms. The van der Waals surface area contributed by atoms with Crippen LogP contribution in [0, 0.1) is 0 Å². The topological polar surface area (TPSA) is 62.3 Å². The fraction of sp³-hybridized carbons (Fsp3) is 0.333. The van der Waals surface area contributed by atoms with Gasteiger partial charge >= 0.3 is 0 Å². The van der Waals surface area contributed by atoms with Crippen molar-refractivity contribution in [1.29, 1.82) is 0 Å². The van der Waals surface area contributed by atoms with E-state index >= 15 is 0 Å². The molecule has 0 spiro atoms. The predicted octanol–water partition coefficient (Wildman–Crippen LogP) is 4.19. The van der Waals surface area contributed by atoms with Crippen molar-refractivity contribution in [3.63, 3.8) is 0 Å². The smallest absolute Gasteiger partial charge is 0.253 e. The molecule has 6 rings (SSSR count). The number of carbonyl (C=O) groups excluding carboxylic acids is 2. The molecule has 0 N–H and O–H groups in total. The van der Waals surface area contributed by atoms with Gasteiger partial charge in [0.25, 0.3) is 5.91 Å². The minimum Gasteiger partial charge on any atom is -0.454 e. The molecule has 0 radical (unpaired) electrons. The summed E-state index contributed by atoms with van der Waals surface area (Å²) in [6.45, 7) is 4.86. The number of ether oxygens (including phenoxy) is 2. The molecule has 7 nitrogen and oxygen atoms in total. The molecule has 0 unspecified atom stereocenters. The number of thioether (sulfide) groups is 1. The average molecular weight is 530 g/mol. The Hall–Kier alpha value is -3.49. The number of nitrogens with zero attached hydrogens (tertiary/aromatic N) is 3. The summed E-state index contributed by atoms with van der Waals surface area (Å²) < 4.78 is 10.9. The van der Waals surface area contributed by atoms with Gasteiger partial charge in [0.2, 0.25) is 12.7 Å². The summed E-state index contributed by atoms with van der Waals surface area (Å²) in [5.41, 5.74) is 4.18. The number of carbonyl (C=O) groups is 2. The first kappa shape index (κ1) is 24.8. The second-order valence-electron chi connectivity index (χ2n) is 9.86. The van der Waals surface area contributed by atoms with Crippen molar-refractivity contribution in [2.24, 2.45) is 0 Å². The fourth-order valence-corrected chi connectivity index (χ4v) is 6.46. The molecular formula is C30H31N3O4S. The Morgan fingerprint density at radius 2 is 1.63 bits per heavy atom. The van der Waals surface area contributed by atoms with E-state index in [2.05, 4.69) is 23.1 Å². The van der Waals surface area contributed by atoms with Crippen molar-refractivity contribution < 1.29 is 19.1 Å². The summed E-state index contributed by atoms with van der Waals surface area (Å²) in [6, 6.07) is 24.2. The summed E-state index contributed by atoms with van der Waals surface area (Å²) in [6.07, 6.45) is 0.834. The third kappa shape index (κ3) is 5.37. The first-order valence-corrected chi connectivity index (χ1v) is 14.1. The Morgan fingerprint density at radius 3 is 2.42 bits per heavy atom. The highest BCUT2D eigenvalue weighted by molar-refractivity contribution is 8.00. The van der Waals surface area contributed by atoms with Gasteiger partial charge in [0.05, 0.1) is 5.75 Å². The largest absolute Gasteiger partial charge is 0.454 e. The number of amides is 2. The zero-order valence-corrected chi connectivity index (χ0v) is 22.1. The lowest BCUT2D eigenvalue weighted by Crippen LogP contribution is -2.48. The molecule has 3 aliphatic heterocycles. The highest BCUT2D eigenvalue weighted by atomic mass is 32.2. The molecule has 8 heteroatoms. The molecule has 0 saturated carbocycles. The van der Waals surface area contributed by atoms with Gasteiger partial charge < -0.3 is 19.3 Å². The highest BCUT2D eigenvalue weighted by Gasteiger charge is 2.32. The minimum absolute atomic E-state index is 0.00455. The van der Waals surface area contributed by atoms with Crippen molar-refractivity contribution in [2.75, 3.05) is 45.3 Å². The average Bonchev–Trinajstić information content (AvgIpc) is 3.58. The lowest BCUT2D eigenvalue weighted by atomic mass is 10.1. The van der Waals surface area contributed by atoms with Crippen LogP contribution in [0.4, 0.5) is 0 Å². The van der Waals surface area contributed by atoms with Crippen LogP contribution in [-0.2, 0) is 17.8 Å². The quantitative estimate of drug-likeness (QED) is 0.458. The summed E-state index contributed by atoms with van der Waals surface area (Å²) in [4.78, 5) is 32.1. The maximum absolute atomic E-state index is 13.2. The first-order valence-electron chi connectivity index (χ1n) is 13.1. The van der Waals surface area contributed by atoms with Crippen molar-refractivity contribution in [1.82, 2.24) is 14.7 Å². The maximum atomic E-state index is 13.2. The molecule has 196 valence electrons. The lowest BCUT2D eigenvalue weighted by Gasteiger charge is -2.35. The predicted molar refractivity (Wildman–Crippen MR) is 147 cm³/mol. The number of benzene rings is 3. The van der Waals surface area contributed by atoms with Crippen molar-refractivity contribution in [3.8, 4) is 11.5 Å². The van der Waals surface area contributed by atoms with Crippen LogP contribution in [0.1, 0.15) is 32.4 Å². The Kier molecular flexibility index (Phi) is 7.25. The molecule has 2 fully saturated rings. The molecule has 0 aliphatic carbocycles. The third-order valence-corrected chi connectivity index (χ3v) is 8.65. The Labute approximate surface area is 227 Å². The van der Waals surface area contributed by atoms with Crippen molar-refractivity contribution >= 4 is 23.6 Å². The van der Waals surface area contributed by atoms with Crippen LogP contribution in [-0.4, -0.2) is 71.8 Å². The highest BCUT2D eigenvalue weighted by Crippen LogP contribution is 2.38. The van der Waals surface area contributed by atoms with Crippen LogP contribution >= 0.6 is 11.8 Å². The van der Waals surface area contributed by atoms with Gasteiger partial charge in [-0.15, -0.1) is 11.8 Å². The molecule has 2 amide bonds. The monoisotopic (exact) mass is 529 g/mol. The zero-order valence-electron chi connectivity index (χ0n) is 21.3. The third-order valence-electron chi connectivity index (χ3n) is 7.40. The fourth-order valence-electron chi connectivity index (χ4n) is 5.25. The van der Waals surface area contributed by atoms with E-state index in [0.29, 0.717) is 31.0 Å². The van der Waals surface area contributed by atoms with Crippen LogP contribution in [0.15, 0.2) is 72.8 Å². The number of piperazine rings is 1. The van der Waals surface area contributed by atoms with Crippen LogP contribution < -0.4 is 9.47 Å². The number of hydrogen-bond acceptors (Lipinski definition) is 6. The molecule has 3 aromatic rings. The first-order chi connectivity index (χ1) is 18.6. The van der Waals surface area contributed by atoms with E-state index in [0.717, 1.165) is 43.1 Å². The van der Waals surface area contributed by atoms with Gasteiger partial charge in [-0.25, -0.2) is 0 Å². The molecule has 38 heavy (non-hydrogen) atoms. The second-order valence-corrected chi connectivity index (χ2v) is 10.9. The number of fused-ring (bicyclic) bond motifs is 1. The van der Waals surface area contributed by atoms with E-state index in [1.807, 2.05) is 64.4 Å². The lowest BCUT2D eigenvalue weighted by molar-refractivity contribution is -0.128. The van der Waals surface area contributed by atoms with Gasteiger partial charge in [-0.1, -0.05) is 48.5 Å². The van der Waals surface area contributed by atoms with Gasteiger partial charge in [-0.05, 0) is 47.4 Å². The van der Waals surface area contributed by atoms with E-state index in [4.69, 9.17) is 9.47 Å². The van der Waals surface area contributed by atoms with E-state index in [-0.39, 0.29) is 24.0 Å². The summed E-state index contributed by atoms with van der Waals surface area (Å²) in [5.74, 6) is 2.34. The number of rotatable bonds is 7. The molecule has 3 aromatic carbocycles. The van der Waals surface area contributed by atoms with Crippen LogP contribution in [0.5, 0.6) is 11.5 Å². The molecule has 2 saturated heterocycles. The second kappa shape index (κ2) is 11.1. The van der Waals surface area contributed by atoms with Crippen LogP contribution in [0.25, 0.3) is 0 Å². The normalized spacial score (nSPS) is 19.3. The van der Waals surface area contributed by atoms with E-state index in [1.54, 1.807) is 11.8 Å². The summed E-state index contributed by atoms with van der Waals surface area (Å²) in [5, 5.41) is -0.00455. The van der Waals surface area contributed by atoms with Crippen LogP contribution in [0.2, 0.25) is 0 Å². The molecular weight excluding hydrogens is 498 g/mol. The van der Waals surface area contributed by atoms with Gasteiger partial charge in [-0.2, -0.15) is 0 Å². The summed E-state index contributed by atoms with van der Waals surface area (Å²) in [7, 11) is 0. The van der Waals surface area contributed by atoms with Gasteiger partial charge in [-0.3, -0.25) is 14.5 Å². The van der Waals surface area contributed by atoms with Crippen molar-refractivity contribution in [3.05, 3.63) is 95.1 Å². The molecule has 3 heterocycles. The Bertz CT molecular complexity index is 1290. The van der Waals surface area contributed by atoms with Gasteiger partial charge in [0, 0.05) is 44.8 Å². The van der Waals surface area contributed by atoms with Crippen molar-refractivity contribution in [2.45, 2.75) is 18.3 Å². The Morgan fingerprint density at radius 1 is 0.868 bits per heavy atom. The van der Waals surface area contributed by atoms with Crippen LogP contribution in [0.3, 0.4) is 0 Å². The zero-order chi connectivity index (χ0) is 25.9. The maximum Gasteiger partial charge on any atom is 0.253 e. The van der Waals surface area contributed by atoms with E-state index in [1.165, 1.54) is 11.1 Å². The van der Waals surface area contributed by atoms with E-state index in [9.17, 15) is 9.59 Å². The SMILES string of the molecule is O=C(c1ccc([C@H]2SCC(=O)N2CCc2ccccc2)cc1)N1CCN(Cc2ccc3c(c2)OCO3)CC1. The minimum atomic E-state index is -0.00455.